The minimum atomic E-state index is -4.87. The average molecular weight is 237 g/mol. The molecule has 1 heterocycles. The van der Waals surface area contributed by atoms with Crippen LogP contribution < -0.4 is 51.4 Å². The normalized spacial score (nSPS) is 11.1. The molecule has 0 N–H and O–H groups in total. The van der Waals surface area contributed by atoms with E-state index in [0.29, 0.717) is 11.3 Å². The molecule has 0 saturated carbocycles. The zero-order chi connectivity index (χ0) is 10.6. The standard InChI is InChI=1S/C9H8BF3N.K/c1-2-9-4-3-8(7-14-9)5-6-10(11,12)13;/h2-7H,1H2;/q-1;+1/b6-5+;. The average Bonchev–Trinajstić information content (AvgIpc) is 2.14. The molecular formula is C9H8BF3KN. The number of aromatic nitrogens is 1. The van der Waals surface area contributed by atoms with Gasteiger partial charge in [-0.05, 0) is 17.7 Å². The van der Waals surface area contributed by atoms with Crippen LogP contribution in [-0.4, -0.2) is 12.0 Å². The Morgan fingerprint density at radius 2 is 1.93 bits per heavy atom. The quantitative estimate of drug-likeness (QED) is 0.681. The van der Waals surface area contributed by atoms with Crippen LogP contribution in [0.3, 0.4) is 0 Å². The molecule has 6 heteroatoms. The summed E-state index contributed by atoms with van der Waals surface area (Å²) in [4.78, 5) is 3.87. The molecule has 0 fully saturated rings. The van der Waals surface area contributed by atoms with Crippen molar-refractivity contribution in [1.29, 1.82) is 0 Å². The van der Waals surface area contributed by atoms with Crippen LogP contribution >= 0.6 is 0 Å². The van der Waals surface area contributed by atoms with Crippen LogP contribution in [0.4, 0.5) is 12.9 Å². The van der Waals surface area contributed by atoms with Gasteiger partial charge in [-0.15, -0.1) is 5.98 Å². The van der Waals surface area contributed by atoms with Crippen molar-refractivity contribution in [2.45, 2.75) is 0 Å². The predicted molar refractivity (Wildman–Crippen MR) is 52.4 cm³/mol. The number of hydrogen-bond donors (Lipinski definition) is 0. The van der Waals surface area contributed by atoms with Gasteiger partial charge in [0, 0.05) is 6.20 Å². The molecule has 0 aliphatic carbocycles. The molecule has 1 nitrogen and oxygen atoms in total. The third-order valence-corrected chi connectivity index (χ3v) is 1.53. The molecule has 1 rings (SSSR count). The van der Waals surface area contributed by atoms with Crippen molar-refractivity contribution >= 4 is 19.1 Å². The van der Waals surface area contributed by atoms with Gasteiger partial charge in [-0.25, -0.2) is 0 Å². The predicted octanol–water partition coefficient (Wildman–Crippen LogP) is 0.128. The van der Waals surface area contributed by atoms with Crippen molar-refractivity contribution in [1.82, 2.24) is 4.98 Å². The molecule has 0 bridgehead atoms. The van der Waals surface area contributed by atoms with E-state index in [4.69, 9.17) is 0 Å². The van der Waals surface area contributed by atoms with Crippen molar-refractivity contribution in [2.24, 2.45) is 0 Å². The van der Waals surface area contributed by atoms with Crippen molar-refractivity contribution in [3.05, 3.63) is 42.1 Å². The van der Waals surface area contributed by atoms with Gasteiger partial charge in [0.25, 0.3) is 0 Å². The molecule has 0 saturated heterocycles. The fraction of sp³-hybridized carbons (Fsp3) is 0. The largest absolute Gasteiger partial charge is 1.00 e. The third kappa shape index (κ3) is 6.32. The SMILES string of the molecule is C=Cc1ccc(/C=C/[B-](F)(F)F)cn1.[K+]. The second kappa shape index (κ2) is 6.65. The maximum atomic E-state index is 11.8. The van der Waals surface area contributed by atoms with Gasteiger partial charge < -0.3 is 12.9 Å². The zero-order valence-corrected chi connectivity index (χ0v) is 11.5. The van der Waals surface area contributed by atoms with E-state index in [1.807, 2.05) is 0 Å². The summed E-state index contributed by atoms with van der Waals surface area (Å²) in [7, 11) is 0. The first-order valence-electron chi connectivity index (χ1n) is 3.99. The Kier molecular flexibility index (Phi) is 6.70. The molecule has 0 aromatic carbocycles. The maximum Gasteiger partial charge on any atom is 1.00 e. The van der Waals surface area contributed by atoms with Crippen LogP contribution in [0.2, 0.25) is 0 Å². The van der Waals surface area contributed by atoms with Gasteiger partial charge in [-0.3, -0.25) is 4.98 Å². The fourth-order valence-electron chi connectivity index (χ4n) is 0.856. The monoisotopic (exact) mass is 237 g/mol. The van der Waals surface area contributed by atoms with Crippen LogP contribution in [0.25, 0.3) is 12.2 Å². The summed E-state index contributed by atoms with van der Waals surface area (Å²) in [6.07, 6.45) is 3.90. The van der Waals surface area contributed by atoms with E-state index in [1.165, 1.54) is 12.3 Å². The first-order chi connectivity index (χ1) is 6.51. The second-order valence-corrected chi connectivity index (χ2v) is 2.71. The van der Waals surface area contributed by atoms with E-state index in [2.05, 4.69) is 11.6 Å². The van der Waals surface area contributed by atoms with E-state index in [0.717, 1.165) is 6.08 Å². The molecule has 0 atom stereocenters. The number of nitrogens with zero attached hydrogens (tertiary/aromatic N) is 1. The van der Waals surface area contributed by atoms with Gasteiger partial charge in [-0.1, -0.05) is 18.7 Å². The van der Waals surface area contributed by atoms with Crippen molar-refractivity contribution in [3.8, 4) is 0 Å². The second-order valence-electron chi connectivity index (χ2n) is 2.71. The molecule has 0 radical (unpaired) electrons. The van der Waals surface area contributed by atoms with Crippen LogP contribution in [0, 0.1) is 0 Å². The Morgan fingerprint density at radius 3 is 2.33 bits per heavy atom. The molecule has 1 aromatic heterocycles. The summed E-state index contributed by atoms with van der Waals surface area (Å²) in [5.74, 6) is 0.241. The Balaban J connectivity index is 0.00000196. The van der Waals surface area contributed by atoms with E-state index < -0.39 is 6.98 Å². The third-order valence-electron chi connectivity index (χ3n) is 1.53. The number of rotatable bonds is 3. The van der Waals surface area contributed by atoms with E-state index in [9.17, 15) is 12.9 Å². The first-order valence-corrected chi connectivity index (χ1v) is 3.99. The Bertz CT molecular complexity index is 345. The van der Waals surface area contributed by atoms with Crippen LogP contribution in [0.1, 0.15) is 11.3 Å². The van der Waals surface area contributed by atoms with Gasteiger partial charge in [0.05, 0.1) is 5.69 Å². The van der Waals surface area contributed by atoms with Crippen molar-refractivity contribution in [3.63, 3.8) is 0 Å². The summed E-state index contributed by atoms with van der Waals surface area (Å²) in [5, 5.41) is 0. The molecule has 1 aromatic rings. The van der Waals surface area contributed by atoms with Crippen LogP contribution in [0.5, 0.6) is 0 Å². The van der Waals surface area contributed by atoms with E-state index in [-0.39, 0.29) is 57.4 Å². The summed E-state index contributed by atoms with van der Waals surface area (Å²) >= 11 is 0. The van der Waals surface area contributed by atoms with E-state index >= 15 is 0 Å². The van der Waals surface area contributed by atoms with Crippen molar-refractivity contribution in [2.75, 3.05) is 0 Å². The van der Waals surface area contributed by atoms with Crippen LogP contribution in [0.15, 0.2) is 30.9 Å². The maximum absolute atomic E-state index is 11.8. The molecular weight excluding hydrogens is 229 g/mol. The van der Waals surface area contributed by atoms with Gasteiger partial charge in [0.1, 0.15) is 0 Å². The van der Waals surface area contributed by atoms with Gasteiger partial charge in [0.15, 0.2) is 0 Å². The molecule has 15 heavy (non-hydrogen) atoms. The smallest absolute Gasteiger partial charge is 0.445 e. The number of halogens is 3. The van der Waals surface area contributed by atoms with Gasteiger partial charge in [-0.2, -0.15) is 0 Å². The molecule has 0 aliphatic heterocycles. The molecule has 0 amide bonds. The number of pyridine rings is 1. The van der Waals surface area contributed by atoms with Crippen molar-refractivity contribution < 1.29 is 64.3 Å². The van der Waals surface area contributed by atoms with Crippen LogP contribution in [-0.2, 0) is 0 Å². The fourth-order valence-corrected chi connectivity index (χ4v) is 0.856. The summed E-state index contributed by atoms with van der Waals surface area (Å²) in [5.41, 5.74) is 1.06. The summed E-state index contributed by atoms with van der Waals surface area (Å²) in [6, 6.07) is 3.17. The topological polar surface area (TPSA) is 12.9 Å². The van der Waals surface area contributed by atoms with E-state index in [1.54, 1.807) is 12.1 Å². The number of hydrogen-bond acceptors (Lipinski definition) is 1. The molecule has 0 spiro atoms. The Hall–Kier alpha value is 0.121. The zero-order valence-electron chi connectivity index (χ0n) is 8.33. The minimum absolute atomic E-state index is 0. The van der Waals surface area contributed by atoms with Gasteiger partial charge in [0.2, 0.25) is 0 Å². The first kappa shape index (κ1) is 15.1. The molecule has 74 valence electrons. The Morgan fingerprint density at radius 1 is 1.27 bits per heavy atom. The summed E-state index contributed by atoms with van der Waals surface area (Å²) in [6.45, 7) is -1.38. The van der Waals surface area contributed by atoms with Gasteiger partial charge >= 0.3 is 58.4 Å². The minimum Gasteiger partial charge on any atom is -0.445 e. The molecule has 0 aliphatic rings. The summed E-state index contributed by atoms with van der Waals surface area (Å²) < 4.78 is 35.5. The Labute approximate surface area is 129 Å². The molecule has 0 unspecified atom stereocenters.